The lowest BCUT2D eigenvalue weighted by atomic mass is 9.83. The zero-order chi connectivity index (χ0) is 14.9. The Labute approximate surface area is 127 Å². The van der Waals surface area contributed by atoms with E-state index in [2.05, 4.69) is 36.8 Å². The summed E-state index contributed by atoms with van der Waals surface area (Å²) >= 11 is 0. The van der Waals surface area contributed by atoms with Gasteiger partial charge in [-0.3, -0.25) is 0 Å². The molecule has 21 heavy (non-hydrogen) atoms. The third kappa shape index (κ3) is 3.20. The van der Waals surface area contributed by atoms with E-state index in [-0.39, 0.29) is 0 Å². The highest BCUT2D eigenvalue weighted by atomic mass is 15.3. The molecule has 0 atom stereocenters. The molecule has 0 saturated carbocycles. The van der Waals surface area contributed by atoms with Crippen LogP contribution in [0.2, 0.25) is 0 Å². The van der Waals surface area contributed by atoms with Gasteiger partial charge in [0.2, 0.25) is 0 Å². The third-order valence-corrected chi connectivity index (χ3v) is 4.67. The maximum Gasteiger partial charge on any atom is 0.160 e. The van der Waals surface area contributed by atoms with Crippen molar-refractivity contribution in [3.05, 3.63) is 24.0 Å². The summed E-state index contributed by atoms with van der Waals surface area (Å²) in [7, 11) is 0. The van der Waals surface area contributed by atoms with Gasteiger partial charge in [-0.15, -0.1) is 0 Å². The molecule has 4 nitrogen and oxygen atoms in total. The fraction of sp³-hybridized carbons (Fsp3) is 0.647. The highest BCUT2D eigenvalue weighted by molar-refractivity contribution is 5.52. The fourth-order valence-corrected chi connectivity index (χ4v) is 3.27. The number of hydrogen-bond acceptors (Lipinski definition) is 3. The van der Waals surface area contributed by atoms with Gasteiger partial charge in [-0.25, -0.2) is 9.50 Å². The lowest BCUT2D eigenvalue weighted by molar-refractivity contribution is 0.297. The predicted octanol–water partition coefficient (Wildman–Crippen LogP) is 3.83. The Hall–Kier alpha value is -1.58. The average molecular weight is 286 g/mol. The van der Waals surface area contributed by atoms with Crippen LogP contribution < -0.4 is 4.90 Å². The van der Waals surface area contributed by atoms with Gasteiger partial charge < -0.3 is 4.90 Å². The van der Waals surface area contributed by atoms with E-state index < -0.39 is 0 Å². The third-order valence-electron chi connectivity index (χ3n) is 4.67. The van der Waals surface area contributed by atoms with Gasteiger partial charge in [-0.2, -0.15) is 5.10 Å². The zero-order valence-corrected chi connectivity index (χ0v) is 13.5. The summed E-state index contributed by atoms with van der Waals surface area (Å²) in [5.41, 5.74) is 2.62. The van der Waals surface area contributed by atoms with E-state index in [1.165, 1.54) is 32.1 Å². The molecule has 2 aromatic heterocycles. The summed E-state index contributed by atoms with van der Waals surface area (Å²) in [5.74, 6) is 1.10. The number of nitrogens with zero attached hydrogens (tertiary/aromatic N) is 4. The molecule has 2 aromatic rings. The number of aryl methyl sites for hydroxylation is 1. The standard InChI is InChI=1S/C17H26N4/c1-14-13-18-21-12-7-15(19-16(14)21)20-10-5-4-8-17(2,3)9-6-11-20/h7,12-13H,4-6,8-11H2,1-3H3. The average Bonchev–Trinajstić information content (AvgIpc) is 2.85. The number of anilines is 1. The quantitative estimate of drug-likeness (QED) is 0.798. The van der Waals surface area contributed by atoms with Crippen molar-refractivity contribution in [3.63, 3.8) is 0 Å². The van der Waals surface area contributed by atoms with Gasteiger partial charge in [-0.1, -0.05) is 20.3 Å². The number of aromatic nitrogens is 3. The number of fused-ring (bicyclic) bond motifs is 1. The SMILES string of the molecule is Cc1cnn2ccc(N3CCCCC(C)(C)CCC3)nc12. The maximum absolute atomic E-state index is 4.82. The molecule has 3 rings (SSSR count). The van der Waals surface area contributed by atoms with E-state index in [0.717, 1.165) is 30.1 Å². The molecule has 0 bridgehead atoms. The van der Waals surface area contributed by atoms with Crippen molar-refractivity contribution < 1.29 is 0 Å². The summed E-state index contributed by atoms with van der Waals surface area (Å²) in [6.07, 6.45) is 10.4. The van der Waals surface area contributed by atoms with Crippen LogP contribution in [-0.2, 0) is 0 Å². The van der Waals surface area contributed by atoms with Crippen molar-refractivity contribution in [2.45, 2.75) is 52.9 Å². The molecule has 0 aliphatic carbocycles. The molecule has 0 N–H and O–H groups in total. The van der Waals surface area contributed by atoms with Crippen molar-refractivity contribution in [3.8, 4) is 0 Å². The second kappa shape index (κ2) is 5.66. The van der Waals surface area contributed by atoms with E-state index >= 15 is 0 Å². The van der Waals surface area contributed by atoms with Gasteiger partial charge in [0.1, 0.15) is 5.82 Å². The molecule has 0 aromatic carbocycles. The molecule has 3 heterocycles. The van der Waals surface area contributed by atoms with E-state index in [4.69, 9.17) is 4.98 Å². The topological polar surface area (TPSA) is 33.4 Å². The van der Waals surface area contributed by atoms with Crippen molar-refractivity contribution >= 4 is 11.5 Å². The minimum Gasteiger partial charge on any atom is -0.357 e. The summed E-state index contributed by atoms with van der Waals surface area (Å²) in [6, 6.07) is 2.10. The van der Waals surface area contributed by atoms with Crippen LogP contribution in [0.4, 0.5) is 5.82 Å². The molecule has 1 aliphatic rings. The molecule has 1 saturated heterocycles. The molecular formula is C17H26N4. The smallest absolute Gasteiger partial charge is 0.160 e. The van der Waals surface area contributed by atoms with Crippen LogP contribution in [0.25, 0.3) is 5.65 Å². The highest BCUT2D eigenvalue weighted by Crippen LogP contribution is 2.31. The normalized spacial score (nSPS) is 20.0. The Kier molecular flexibility index (Phi) is 3.87. The fourth-order valence-electron chi connectivity index (χ4n) is 3.27. The van der Waals surface area contributed by atoms with Gasteiger partial charge in [0, 0.05) is 24.8 Å². The summed E-state index contributed by atoms with van der Waals surface area (Å²) < 4.78 is 1.86. The maximum atomic E-state index is 4.82. The van der Waals surface area contributed by atoms with Gasteiger partial charge in [-0.05, 0) is 44.1 Å². The highest BCUT2D eigenvalue weighted by Gasteiger charge is 2.20. The lowest BCUT2D eigenvalue weighted by Gasteiger charge is -2.25. The van der Waals surface area contributed by atoms with Crippen molar-refractivity contribution in [2.24, 2.45) is 5.41 Å². The molecule has 0 spiro atoms. The zero-order valence-electron chi connectivity index (χ0n) is 13.5. The monoisotopic (exact) mass is 286 g/mol. The van der Waals surface area contributed by atoms with Crippen LogP contribution in [0.5, 0.6) is 0 Å². The second-order valence-electron chi connectivity index (χ2n) is 7.09. The first-order valence-electron chi connectivity index (χ1n) is 8.11. The van der Waals surface area contributed by atoms with Gasteiger partial charge >= 0.3 is 0 Å². The Morgan fingerprint density at radius 2 is 1.86 bits per heavy atom. The molecular weight excluding hydrogens is 260 g/mol. The van der Waals surface area contributed by atoms with Crippen LogP contribution in [-0.4, -0.2) is 27.7 Å². The van der Waals surface area contributed by atoms with Crippen molar-refractivity contribution in [2.75, 3.05) is 18.0 Å². The van der Waals surface area contributed by atoms with Crippen LogP contribution in [0.1, 0.15) is 51.5 Å². The molecule has 0 amide bonds. The molecule has 0 radical (unpaired) electrons. The lowest BCUT2D eigenvalue weighted by Crippen LogP contribution is -2.26. The van der Waals surface area contributed by atoms with Gasteiger partial charge in [0.25, 0.3) is 0 Å². The number of rotatable bonds is 1. The summed E-state index contributed by atoms with van der Waals surface area (Å²) in [5, 5.41) is 4.31. The summed E-state index contributed by atoms with van der Waals surface area (Å²) in [6.45, 7) is 9.11. The van der Waals surface area contributed by atoms with Crippen molar-refractivity contribution in [1.29, 1.82) is 0 Å². The van der Waals surface area contributed by atoms with Crippen molar-refractivity contribution in [1.82, 2.24) is 14.6 Å². The van der Waals surface area contributed by atoms with E-state index in [1.54, 1.807) is 0 Å². The van der Waals surface area contributed by atoms with Crippen LogP contribution in [0.3, 0.4) is 0 Å². The second-order valence-corrected chi connectivity index (χ2v) is 7.09. The molecule has 1 aliphatic heterocycles. The Bertz CT molecular complexity index is 614. The van der Waals surface area contributed by atoms with Crippen LogP contribution >= 0.6 is 0 Å². The predicted molar refractivity (Wildman–Crippen MR) is 86.8 cm³/mol. The molecule has 0 unspecified atom stereocenters. The first kappa shape index (κ1) is 14.4. The van der Waals surface area contributed by atoms with E-state index in [0.29, 0.717) is 5.41 Å². The number of hydrogen-bond donors (Lipinski definition) is 0. The summed E-state index contributed by atoms with van der Waals surface area (Å²) in [4.78, 5) is 7.28. The Morgan fingerprint density at radius 3 is 2.71 bits per heavy atom. The minimum absolute atomic E-state index is 0.495. The minimum atomic E-state index is 0.495. The van der Waals surface area contributed by atoms with Gasteiger partial charge in [0.15, 0.2) is 5.65 Å². The Morgan fingerprint density at radius 1 is 1.10 bits per heavy atom. The molecule has 4 heteroatoms. The molecule has 1 fully saturated rings. The molecule has 114 valence electrons. The van der Waals surface area contributed by atoms with Crippen LogP contribution in [0.15, 0.2) is 18.5 Å². The van der Waals surface area contributed by atoms with Gasteiger partial charge in [0.05, 0.1) is 6.20 Å². The first-order chi connectivity index (χ1) is 10.1. The largest absolute Gasteiger partial charge is 0.357 e. The van der Waals surface area contributed by atoms with E-state index in [1.807, 2.05) is 16.9 Å². The van der Waals surface area contributed by atoms with E-state index in [9.17, 15) is 0 Å². The van der Waals surface area contributed by atoms with Crippen LogP contribution in [0, 0.1) is 12.3 Å². The Balaban J connectivity index is 1.81. The first-order valence-corrected chi connectivity index (χ1v) is 8.11.